The molecule has 0 radical (unpaired) electrons. The fraction of sp³-hybridized carbons (Fsp3) is 0.923. The third kappa shape index (κ3) is 2.19. The highest BCUT2D eigenvalue weighted by Crippen LogP contribution is 2.57. The molecule has 3 atom stereocenters. The highest BCUT2D eigenvalue weighted by atomic mass is 16.6. The molecule has 2 bridgehead atoms. The van der Waals surface area contributed by atoms with Crippen LogP contribution >= 0.6 is 0 Å². The first-order valence-electron chi connectivity index (χ1n) is 6.02. The van der Waals surface area contributed by atoms with E-state index in [1.54, 1.807) is 0 Å². The quantitative estimate of drug-likeness (QED) is 0.621. The van der Waals surface area contributed by atoms with Gasteiger partial charge in [-0.25, -0.2) is 0 Å². The fourth-order valence-corrected chi connectivity index (χ4v) is 3.25. The number of hydrogen-bond donors (Lipinski definition) is 0. The van der Waals surface area contributed by atoms with Crippen molar-refractivity contribution in [2.24, 2.45) is 17.3 Å². The molecular formula is C13H22O2. The normalized spacial score (nSPS) is 39.5. The van der Waals surface area contributed by atoms with Crippen LogP contribution in [0.25, 0.3) is 0 Å². The maximum Gasteiger partial charge on any atom is 0.309 e. The Bertz CT molecular complexity index is 277. The number of fused-ring (bicyclic) bond motifs is 2. The molecule has 2 aliphatic carbocycles. The molecule has 0 saturated heterocycles. The van der Waals surface area contributed by atoms with Crippen LogP contribution in [-0.4, -0.2) is 11.6 Å². The molecule has 15 heavy (non-hydrogen) atoms. The Morgan fingerprint density at radius 3 is 2.40 bits per heavy atom. The topological polar surface area (TPSA) is 26.3 Å². The highest BCUT2D eigenvalue weighted by Gasteiger charge is 2.51. The van der Waals surface area contributed by atoms with Gasteiger partial charge >= 0.3 is 5.97 Å². The Hall–Kier alpha value is -0.530. The predicted octanol–water partition coefficient (Wildman–Crippen LogP) is 3.15. The van der Waals surface area contributed by atoms with Crippen LogP contribution in [-0.2, 0) is 9.53 Å². The Kier molecular flexibility index (Phi) is 2.36. The highest BCUT2D eigenvalue weighted by molar-refractivity contribution is 5.74. The lowest BCUT2D eigenvalue weighted by Gasteiger charge is -2.28. The zero-order valence-corrected chi connectivity index (χ0v) is 10.3. The minimum Gasteiger partial charge on any atom is -0.460 e. The van der Waals surface area contributed by atoms with Gasteiger partial charge in [0.15, 0.2) is 0 Å². The number of rotatable bonds is 1. The molecule has 2 fully saturated rings. The molecule has 0 aromatic rings. The molecule has 0 amide bonds. The van der Waals surface area contributed by atoms with Gasteiger partial charge in [-0.05, 0) is 57.8 Å². The number of carbonyl (C=O) groups excluding carboxylic acids is 1. The molecule has 2 saturated carbocycles. The molecule has 0 heterocycles. The Morgan fingerprint density at radius 2 is 2.00 bits per heavy atom. The van der Waals surface area contributed by atoms with Gasteiger partial charge in [0.1, 0.15) is 5.60 Å². The lowest BCUT2D eigenvalue weighted by molar-refractivity contribution is -0.162. The van der Waals surface area contributed by atoms with Crippen LogP contribution in [0.2, 0.25) is 0 Å². The van der Waals surface area contributed by atoms with Crippen molar-refractivity contribution in [2.75, 3.05) is 0 Å². The Morgan fingerprint density at radius 1 is 1.33 bits per heavy atom. The predicted molar refractivity (Wildman–Crippen MR) is 59.4 cm³/mol. The van der Waals surface area contributed by atoms with Crippen molar-refractivity contribution in [2.45, 2.75) is 59.0 Å². The van der Waals surface area contributed by atoms with E-state index in [1.165, 1.54) is 19.3 Å². The van der Waals surface area contributed by atoms with Crippen molar-refractivity contribution < 1.29 is 9.53 Å². The number of esters is 1. The van der Waals surface area contributed by atoms with Gasteiger partial charge in [0, 0.05) is 0 Å². The van der Waals surface area contributed by atoms with Crippen LogP contribution < -0.4 is 0 Å². The average Bonchev–Trinajstić information content (AvgIpc) is 2.55. The van der Waals surface area contributed by atoms with Gasteiger partial charge in [0.05, 0.1) is 5.92 Å². The third-order valence-electron chi connectivity index (χ3n) is 3.86. The van der Waals surface area contributed by atoms with Gasteiger partial charge in [-0.2, -0.15) is 0 Å². The van der Waals surface area contributed by atoms with Gasteiger partial charge in [-0.1, -0.05) is 6.92 Å². The summed E-state index contributed by atoms with van der Waals surface area (Å²) >= 11 is 0. The molecule has 3 unspecified atom stereocenters. The van der Waals surface area contributed by atoms with Crippen molar-refractivity contribution in [1.82, 2.24) is 0 Å². The molecule has 0 spiro atoms. The van der Waals surface area contributed by atoms with Crippen LogP contribution in [0.5, 0.6) is 0 Å². The minimum absolute atomic E-state index is 0.0379. The first-order valence-corrected chi connectivity index (χ1v) is 6.02. The van der Waals surface area contributed by atoms with Crippen molar-refractivity contribution in [1.29, 1.82) is 0 Å². The molecule has 86 valence electrons. The molecule has 2 aliphatic rings. The average molecular weight is 210 g/mol. The summed E-state index contributed by atoms with van der Waals surface area (Å²) in [5, 5.41) is 0. The SMILES string of the molecule is CC12CCC(C1)C(C(=O)OC(C)(C)C)C2. The Balaban J connectivity index is 1.99. The van der Waals surface area contributed by atoms with Crippen LogP contribution in [0.1, 0.15) is 53.4 Å². The zero-order chi connectivity index (χ0) is 11.3. The second kappa shape index (κ2) is 3.23. The summed E-state index contributed by atoms with van der Waals surface area (Å²) in [6.45, 7) is 8.15. The van der Waals surface area contributed by atoms with Crippen LogP contribution in [0, 0.1) is 17.3 Å². The number of hydrogen-bond acceptors (Lipinski definition) is 2. The van der Waals surface area contributed by atoms with E-state index in [2.05, 4.69) is 6.92 Å². The van der Waals surface area contributed by atoms with Crippen molar-refractivity contribution in [3.8, 4) is 0 Å². The summed E-state index contributed by atoms with van der Waals surface area (Å²) in [6.07, 6.45) is 4.81. The van der Waals surface area contributed by atoms with Crippen molar-refractivity contribution >= 4 is 5.97 Å². The molecule has 2 rings (SSSR count). The zero-order valence-electron chi connectivity index (χ0n) is 10.3. The minimum atomic E-state index is -0.334. The number of ether oxygens (including phenoxy) is 1. The summed E-state index contributed by atoms with van der Waals surface area (Å²) in [7, 11) is 0. The Labute approximate surface area is 92.4 Å². The first kappa shape index (κ1) is 11.0. The van der Waals surface area contributed by atoms with Crippen LogP contribution in [0.4, 0.5) is 0 Å². The van der Waals surface area contributed by atoms with Gasteiger partial charge in [-0.3, -0.25) is 4.79 Å². The van der Waals surface area contributed by atoms with Crippen LogP contribution in [0.15, 0.2) is 0 Å². The third-order valence-corrected chi connectivity index (χ3v) is 3.86. The monoisotopic (exact) mass is 210 g/mol. The second-order valence-corrected chi connectivity index (χ2v) is 6.66. The fourth-order valence-electron chi connectivity index (χ4n) is 3.25. The van der Waals surface area contributed by atoms with Crippen LogP contribution in [0.3, 0.4) is 0 Å². The van der Waals surface area contributed by atoms with Gasteiger partial charge in [-0.15, -0.1) is 0 Å². The molecule has 2 nitrogen and oxygen atoms in total. The largest absolute Gasteiger partial charge is 0.460 e. The smallest absolute Gasteiger partial charge is 0.309 e. The molecular weight excluding hydrogens is 188 g/mol. The van der Waals surface area contributed by atoms with E-state index in [0.29, 0.717) is 11.3 Å². The van der Waals surface area contributed by atoms with E-state index in [0.717, 1.165) is 6.42 Å². The molecule has 0 aromatic carbocycles. The first-order chi connectivity index (χ1) is 6.79. The van der Waals surface area contributed by atoms with Gasteiger partial charge in [0.25, 0.3) is 0 Å². The maximum atomic E-state index is 12.0. The van der Waals surface area contributed by atoms with E-state index in [9.17, 15) is 4.79 Å². The molecule has 0 aromatic heterocycles. The van der Waals surface area contributed by atoms with Crippen molar-refractivity contribution in [3.05, 3.63) is 0 Å². The summed E-state index contributed by atoms with van der Waals surface area (Å²) in [6, 6.07) is 0. The van der Waals surface area contributed by atoms with Gasteiger partial charge < -0.3 is 4.74 Å². The molecule has 0 aliphatic heterocycles. The summed E-state index contributed by atoms with van der Waals surface area (Å²) in [5.74, 6) is 0.823. The lowest BCUT2D eigenvalue weighted by atomic mass is 9.81. The van der Waals surface area contributed by atoms with Gasteiger partial charge in [0.2, 0.25) is 0 Å². The van der Waals surface area contributed by atoms with E-state index in [1.807, 2.05) is 20.8 Å². The number of carbonyl (C=O) groups is 1. The van der Waals surface area contributed by atoms with E-state index >= 15 is 0 Å². The molecule has 0 N–H and O–H groups in total. The van der Waals surface area contributed by atoms with E-state index in [4.69, 9.17) is 4.74 Å². The molecule has 2 heteroatoms. The second-order valence-electron chi connectivity index (χ2n) is 6.66. The summed E-state index contributed by atoms with van der Waals surface area (Å²) in [4.78, 5) is 12.0. The van der Waals surface area contributed by atoms with Crippen molar-refractivity contribution in [3.63, 3.8) is 0 Å². The lowest BCUT2D eigenvalue weighted by Crippen LogP contribution is -2.31. The van der Waals surface area contributed by atoms with E-state index < -0.39 is 0 Å². The summed E-state index contributed by atoms with van der Waals surface area (Å²) < 4.78 is 5.48. The van der Waals surface area contributed by atoms with E-state index in [-0.39, 0.29) is 17.5 Å². The standard InChI is InChI=1S/C13H22O2/c1-12(2,3)15-11(14)10-8-13(4)6-5-9(10)7-13/h9-10H,5-8H2,1-4H3. The maximum absolute atomic E-state index is 12.0. The summed E-state index contributed by atoms with van der Waals surface area (Å²) in [5.41, 5.74) is 0.103.